The maximum atomic E-state index is 12.9. The smallest absolute Gasteiger partial charge is 0.329 e. The molecule has 1 aromatic heterocycles. The van der Waals surface area contributed by atoms with Crippen molar-refractivity contribution in [2.45, 2.75) is 19.0 Å². The maximum absolute atomic E-state index is 12.9. The SMILES string of the molecule is COC(=O)C1Cc2nc[nH]c2CN1C(=O)c1ccc2c(c1)OCO2. The average Bonchev–Trinajstić information content (AvgIpc) is 3.26. The van der Waals surface area contributed by atoms with E-state index < -0.39 is 12.0 Å². The lowest BCUT2D eigenvalue weighted by molar-refractivity contribution is -0.146. The largest absolute Gasteiger partial charge is 0.467 e. The van der Waals surface area contributed by atoms with Crippen LogP contribution in [0.3, 0.4) is 0 Å². The molecule has 0 aliphatic carbocycles. The molecule has 3 heterocycles. The van der Waals surface area contributed by atoms with E-state index in [1.807, 2.05) is 0 Å². The van der Waals surface area contributed by atoms with E-state index >= 15 is 0 Å². The van der Waals surface area contributed by atoms with Gasteiger partial charge in [-0.05, 0) is 18.2 Å². The number of carbonyl (C=O) groups is 2. The molecule has 1 N–H and O–H groups in total. The molecule has 1 aromatic carbocycles. The highest BCUT2D eigenvalue weighted by Gasteiger charge is 2.37. The van der Waals surface area contributed by atoms with Gasteiger partial charge in [-0.15, -0.1) is 0 Å². The Bertz CT molecular complexity index is 816. The van der Waals surface area contributed by atoms with Crippen molar-refractivity contribution in [1.82, 2.24) is 14.9 Å². The summed E-state index contributed by atoms with van der Waals surface area (Å²) in [6.45, 7) is 0.404. The van der Waals surface area contributed by atoms with Crippen LogP contribution in [0.4, 0.5) is 0 Å². The fourth-order valence-corrected chi connectivity index (χ4v) is 2.99. The third kappa shape index (κ3) is 2.27. The fraction of sp³-hybridized carbons (Fsp3) is 0.312. The van der Waals surface area contributed by atoms with Crippen LogP contribution in [0.1, 0.15) is 21.7 Å². The van der Waals surface area contributed by atoms with Gasteiger partial charge in [-0.2, -0.15) is 0 Å². The molecule has 2 aliphatic heterocycles. The van der Waals surface area contributed by atoms with Crippen molar-refractivity contribution < 1.29 is 23.8 Å². The molecular formula is C16H15N3O5. The molecule has 8 nitrogen and oxygen atoms in total. The van der Waals surface area contributed by atoms with Gasteiger partial charge in [0.05, 0.1) is 31.4 Å². The number of esters is 1. The maximum Gasteiger partial charge on any atom is 0.329 e. The lowest BCUT2D eigenvalue weighted by Crippen LogP contribution is -2.49. The number of benzene rings is 1. The average molecular weight is 329 g/mol. The van der Waals surface area contributed by atoms with Crippen molar-refractivity contribution in [1.29, 1.82) is 0 Å². The molecule has 8 heteroatoms. The van der Waals surface area contributed by atoms with Crippen molar-refractivity contribution in [2.24, 2.45) is 0 Å². The van der Waals surface area contributed by atoms with Crippen LogP contribution in [0, 0.1) is 0 Å². The lowest BCUT2D eigenvalue weighted by atomic mass is 10.0. The Hall–Kier alpha value is -3.03. The summed E-state index contributed by atoms with van der Waals surface area (Å²) < 4.78 is 15.4. The van der Waals surface area contributed by atoms with Crippen molar-refractivity contribution in [3.05, 3.63) is 41.5 Å². The Kier molecular flexibility index (Phi) is 3.37. The zero-order valence-corrected chi connectivity index (χ0v) is 12.9. The van der Waals surface area contributed by atoms with Crippen LogP contribution in [0.5, 0.6) is 11.5 Å². The van der Waals surface area contributed by atoms with E-state index in [0.717, 1.165) is 11.4 Å². The highest BCUT2D eigenvalue weighted by molar-refractivity contribution is 5.97. The number of fused-ring (bicyclic) bond motifs is 2. The summed E-state index contributed by atoms with van der Waals surface area (Å²) in [4.78, 5) is 33.8. The van der Waals surface area contributed by atoms with Crippen LogP contribution in [-0.4, -0.2) is 46.7 Å². The minimum Gasteiger partial charge on any atom is -0.467 e. The first kappa shape index (κ1) is 14.6. The fourth-order valence-electron chi connectivity index (χ4n) is 2.99. The molecule has 0 bridgehead atoms. The lowest BCUT2D eigenvalue weighted by Gasteiger charge is -2.33. The Labute approximate surface area is 137 Å². The molecule has 0 saturated carbocycles. The van der Waals surface area contributed by atoms with Gasteiger partial charge >= 0.3 is 5.97 Å². The van der Waals surface area contributed by atoms with Crippen LogP contribution in [0.25, 0.3) is 0 Å². The Morgan fingerprint density at radius 2 is 2.17 bits per heavy atom. The highest BCUT2D eigenvalue weighted by Crippen LogP contribution is 2.33. The first-order chi connectivity index (χ1) is 11.7. The van der Waals surface area contributed by atoms with Gasteiger partial charge in [0.2, 0.25) is 6.79 Å². The number of aromatic nitrogens is 2. The van der Waals surface area contributed by atoms with Crippen molar-refractivity contribution in [3.63, 3.8) is 0 Å². The molecule has 1 unspecified atom stereocenters. The summed E-state index contributed by atoms with van der Waals surface area (Å²) >= 11 is 0. The van der Waals surface area contributed by atoms with Gasteiger partial charge in [0.15, 0.2) is 11.5 Å². The molecule has 2 aliphatic rings. The van der Waals surface area contributed by atoms with Crippen LogP contribution >= 0.6 is 0 Å². The summed E-state index contributed by atoms with van der Waals surface area (Å²) in [5, 5.41) is 0. The topological polar surface area (TPSA) is 93.8 Å². The number of methoxy groups -OCH3 is 1. The number of aromatic amines is 1. The number of rotatable bonds is 2. The molecular weight excluding hydrogens is 314 g/mol. The molecule has 24 heavy (non-hydrogen) atoms. The minimum atomic E-state index is -0.705. The standard InChI is InChI=1S/C16H15N3O5/c1-22-16(21)12-5-10-11(18-7-17-10)6-19(12)15(20)9-2-3-13-14(4-9)24-8-23-13/h2-4,7,12H,5-6,8H2,1H3,(H,17,18). The number of nitrogens with one attached hydrogen (secondary N) is 1. The number of carbonyl (C=O) groups excluding carboxylic acids is 2. The number of ether oxygens (including phenoxy) is 3. The highest BCUT2D eigenvalue weighted by atomic mass is 16.7. The van der Waals surface area contributed by atoms with Crippen molar-refractivity contribution in [2.75, 3.05) is 13.9 Å². The van der Waals surface area contributed by atoms with E-state index in [1.165, 1.54) is 12.0 Å². The first-order valence-electron chi connectivity index (χ1n) is 7.47. The summed E-state index contributed by atoms with van der Waals surface area (Å²) in [7, 11) is 1.31. The number of nitrogens with zero attached hydrogens (tertiary/aromatic N) is 2. The summed E-state index contributed by atoms with van der Waals surface area (Å²) in [6.07, 6.45) is 1.88. The van der Waals surface area contributed by atoms with Gasteiger partial charge in [0.25, 0.3) is 5.91 Å². The molecule has 1 amide bonds. The van der Waals surface area contributed by atoms with E-state index in [0.29, 0.717) is 23.5 Å². The zero-order chi connectivity index (χ0) is 16.7. The Morgan fingerprint density at radius 1 is 1.33 bits per heavy atom. The van der Waals surface area contributed by atoms with Crippen molar-refractivity contribution in [3.8, 4) is 11.5 Å². The van der Waals surface area contributed by atoms with Gasteiger partial charge < -0.3 is 24.1 Å². The summed E-state index contributed by atoms with van der Waals surface area (Å²) in [6, 6.07) is 4.27. The predicted molar refractivity (Wildman–Crippen MR) is 80.5 cm³/mol. The summed E-state index contributed by atoms with van der Waals surface area (Å²) in [5.74, 6) is 0.391. The van der Waals surface area contributed by atoms with E-state index in [9.17, 15) is 9.59 Å². The van der Waals surface area contributed by atoms with Crippen molar-refractivity contribution >= 4 is 11.9 Å². The molecule has 0 fully saturated rings. The van der Waals surface area contributed by atoms with E-state index in [2.05, 4.69) is 9.97 Å². The first-order valence-corrected chi connectivity index (χ1v) is 7.47. The minimum absolute atomic E-state index is 0.138. The molecule has 1 atom stereocenters. The van der Waals surface area contributed by atoms with Gasteiger partial charge in [0.1, 0.15) is 6.04 Å². The molecule has 0 saturated heterocycles. The number of imidazole rings is 1. The van der Waals surface area contributed by atoms with E-state index in [1.54, 1.807) is 24.5 Å². The van der Waals surface area contributed by atoms with Gasteiger partial charge in [-0.1, -0.05) is 0 Å². The van der Waals surface area contributed by atoms with Gasteiger partial charge in [-0.25, -0.2) is 9.78 Å². The Balaban J connectivity index is 1.67. The van der Waals surface area contributed by atoms with Crippen LogP contribution in [-0.2, 0) is 22.5 Å². The number of amides is 1. The third-order valence-corrected chi connectivity index (χ3v) is 4.25. The molecule has 2 aromatic rings. The monoisotopic (exact) mass is 329 g/mol. The van der Waals surface area contributed by atoms with E-state index in [-0.39, 0.29) is 19.2 Å². The van der Waals surface area contributed by atoms with Crippen LogP contribution in [0.15, 0.2) is 24.5 Å². The second-order valence-corrected chi connectivity index (χ2v) is 5.57. The number of hydrogen-bond donors (Lipinski definition) is 1. The quantitative estimate of drug-likeness (QED) is 0.822. The second kappa shape index (κ2) is 5.55. The predicted octanol–water partition coefficient (Wildman–Crippen LogP) is 0.878. The molecule has 124 valence electrons. The second-order valence-electron chi connectivity index (χ2n) is 5.57. The molecule has 4 rings (SSSR count). The van der Waals surface area contributed by atoms with Gasteiger partial charge in [0, 0.05) is 12.0 Å². The molecule has 0 radical (unpaired) electrons. The van der Waals surface area contributed by atoms with E-state index in [4.69, 9.17) is 14.2 Å². The normalized spacial score (nSPS) is 18.2. The van der Waals surface area contributed by atoms with Crippen LogP contribution in [0.2, 0.25) is 0 Å². The summed E-state index contributed by atoms with van der Waals surface area (Å²) in [5.41, 5.74) is 2.03. The Morgan fingerprint density at radius 3 is 3.00 bits per heavy atom. The van der Waals surface area contributed by atoms with Crippen LogP contribution < -0.4 is 9.47 Å². The third-order valence-electron chi connectivity index (χ3n) is 4.25. The molecule has 0 spiro atoms. The zero-order valence-electron chi connectivity index (χ0n) is 12.9. The van der Waals surface area contributed by atoms with Gasteiger partial charge in [-0.3, -0.25) is 4.79 Å². The number of hydrogen-bond acceptors (Lipinski definition) is 6. The number of H-pyrrole nitrogens is 1.